The highest BCUT2D eigenvalue weighted by atomic mass is 16.5. The third-order valence-corrected chi connectivity index (χ3v) is 2.16. The van der Waals surface area contributed by atoms with Gasteiger partial charge in [-0.2, -0.15) is 0 Å². The van der Waals surface area contributed by atoms with Gasteiger partial charge in [0.1, 0.15) is 5.78 Å². The van der Waals surface area contributed by atoms with Crippen molar-refractivity contribution in [2.45, 2.75) is 46.5 Å². The Morgan fingerprint density at radius 1 is 1.21 bits per heavy atom. The van der Waals surface area contributed by atoms with E-state index in [9.17, 15) is 9.59 Å². The van der Waals surface area contributed by atoms with Crippen LogP contribution in [0, 0.1) is 5.92 Å². The van der Waals surface area contributed by atoms with E-state index in [4.69, 9.17) is 4.74 Å². The fourth-order valence-electron chi connectivity index (χ4n) is 1.36. The van der Waals surface area contributed by atoms with Crippen molar-refractivity contribution in [3.63, 3.8) is 0 Å². The molecule has 3 heteroatoms. The van der Waals surface area contributed by atoms with E-state index >= 15 is 0 Å². The molecular weight excluding hydrogens is 180 g/mol. The van der Waals surface area contributed by atoms with Crippen LogP contribution in [0.15, 0.2) is 0 Å². The smallest absolute Gasteiger partial charge is 0.306 e. The van der Waals surface area contributed by atoms with Gasteiger partial charge < -0.3 is 4.74 Å². The Hall–Kier alpha value is -0.860. The minimum atomic E-state index is -0.260. The molecule has 1 atom stereocenters. The van der Waals surface area contributed by atoms with Crippen LogP contribution < -0.4 is 0 Å². The van der Waals surface area contributed by atoms with E-state index in [2.05, 4.69) is 0 Å². The SMILES string of the molecule is CCCC(=O)C(CC)CC(=O)OCC. The first-order chi connectivity index (χ1) is 6.65. The van der Waals surface area contributed by atoms with Gasteiger partial charge in [0.25, 0.3) is 0 Å². The van der Waals surface area contributed by atoms with Crippen molar-refractivity contribution in [1.82, 2.24) is 0 Å². The van der Waals surface area contributed by atoms with Gasteiger partial charge in [-0.1, -0.05) is 13.8 Å². The van der Waals surface area contributed by atoms with Crippen molar-refractivity contribution >= 4 is 11.8 Å². The molecule has 0 aromatic heterocycles. The number of carbonyl (C=O) groups is 2. The van der Waals surface area contributed by atoms with E-state index in [0.717, 1.165) is 12.8 Å². The summed E-state index contributed by atoms with van der Waals surface area (Å²) in [7, 11) is 0. The Balaban J connectivity index is 4.01. The van der Waals surface area contributed by atoms with Crippen molar-refractivity contribution in [3.8, 4) is 0 Å². The predicted molar refractivity (Wildman–Crippen MR) is 54.9 cm³/mol. The van der Waals surface area contributed by atoms with Crippen LogP contribution in [-0.2, 0) is 14.3 Å². The number of carbonyl (C=O) groups excluding carboxylic acids is 2. The largest absolute Gasteiger partial charge is 0.466 e. The summed E-state index contributed by atoms with van der Waals surface area (Å²) in [6, 6.07) is 0. The molecule has 0 radical (unpaired) electrons. The Labute approximate surface area is 85.8 Å². The molecule has 82 valence electrons. The number of esters is 1. The number of hydrogen-bond donors (Lipinski definition) is 0. The topological polar surface area (TPSA) is 43.4 Å². The van der Waals surface area contributed by atoms with Gasteiger partial charge >= 0.3 is 5.97 Å². The highest BCUT2D eigenvalue weighted by Crippen LogP contribution is 2.13. The number of rotatable bonds is 7. The van der Waals surface area contributed by atoms with Crippen molar-refractivity contribution in [2.24, 2.45) is 5.92 Å². The summed E-state index contributed by atoms with van der Waals surface area (Å²) in [5.74, 6) is -0.221. The third kappa shape index (κ3) is 5.00. The molecule has 0 fully saturated rings. The minimum absolute atomic E-state index is 0.144. The molecule has 0 saturated carbocycles. The van der Waals surface area contributed by atoms with E-state index in [1.54, 1.807) is 6.92 Å². The summed E-state index contributed by atoms with van der Waals surface area (Å²) >= 11 is 0. The Morgan fingerprint density at radius 3 is 2.29 bits per heavy atom. The first kappa shape index (κ1) is 13.1. The predicted octanol–water partition coefficient (Wildman–Crippen LogP) is 2.33. The lowest BCUT2D eigenvalue weighted by atomic mass is 9.94. The van der Waals surface area contributed by atoms with Crippen LogP contribution in [0.4, 0.5) is 0 Å². The number of ketones is 1. The number of ether oxygens (including phenoxy) is 1. The molecule has 0 saturated heterocycles. The summed E-state index contributed by atoms with van der Waals surface area (Å²) in [6.45, 7) is 6.05. The van der Waals surface area contributed by atoms with Gasteiger partial charge in [0.05, 0.1) is 13.0 Å². The van der Waals surface area contributed by atoms with Gasteiger partial charge in [-0.25, -0.2) is 0 Å². The van der Waals surface area contributed by atoms with Crippen LogP contribution in [0.1, 0.15) is 46.5 Å². The lowest BCUT2D eigenvalue weighted by Gasteiger charge is -2.11. The fourth-order valence-corrected chi connectivity index (χ4v) is 1.36. The Bertz CT molecular complexity index is 187. The highest BCUT2D eigenvalue weighted by Gasteiger charge is 2.19. The first-order valence-electron chi connectivity index (χ1n) is 5.33. The van der Waals surface area contributed by atoms with Gasteiger partial charge in [0.15, 0.2) is 0 Å². The van der Waals surface area contributed by atoms with Crippen LogP contribution in [0.3, 0.4) is 0 Å². The lowest BCUT2D eigenvalue weighted by Crippen LogP contribution is -2.19. The summed E-state index contributed by atoms with van der Waals surface area (Å²) < 4.78 is 4.81. The summed E-state index contributed by atoms with van der Waals surface area (Å²) in [4.78, 5) is 22.7. The maximum atomic E-state index is 11.5. The molecule has 0 aromatic carbocycles. The molecule has 0 aliphatic rings. The van der Waals surface area contributed by atoms with Gasteiger partial charge in [-0.05, 0) is 19.8 Å². The molecular formula is C11H20O3. The maximum Gasteiger partial charge on any atom is 0.306 e. The maximum absolute atomic E-state index is 11.5. The second kappa shape index (κ2) is 7.54. The highest BCUT2D eigenvalue weighted by molar-refractivity contribution is 5.85. The van der Waals surface area contributed by atoms with E-state index in [0.29, 0.717) is 13.0 Å². The quantitative estimate of drug-likeness (QED) is 0.592. The summed E-state index contributed by atoms with van der Waals surface area (Å²) in [6.07, 6.45) is 2.37. The molecule has 0 spiro atoms. The molecule has 0 heterocycles. The van der Waals surface area contributed by atoms with E-state index < -0.39 is 0 Å². The van der Waals surface area contributed by atoms with Crippen molar-refractivity contribution in [3.05, 3.63) is 0 Å². The van der Waals surface area contributed by atoms with Crippen LogP contribution >= 0.6 is 0 Å². The molecule has 3 nitrogen and oxygen atoms in total. The molecule has 0 N–H and O–H groups in total. The molecule has 1 unspecified atom stereocenters. The monoisotopic (exact) mass is 200 g/mol. The minimum Gasteiger partial charge on any atom is -0.466 e. The number of Topliss-reactive ketones (excluding diaryl/α,β-unsaturated/α-hetero) is 1. The summed E-state index contributed by atoms with van der Waals surface area (Å²) in [5, 5.41) is 0. The van der Waals surface area contributed by atoms with Crippen molar-refractivity contribution in [1.29, 1.82) is 0 Å². The molecule has 0 aliphatic heterocycles. The standard InChI is InChI=1S/C11H20O3/c1-4-7-10(12)9(5-2)8-11(13)14-6-3/h9H,4-8H2,1-3H3. The molecule has 0 amide bonds. The first-order valence-corrected chi connectivity index (χ1v) is 5.33. The second-order valence-electron chi connectivity index (χ2n) is 3.33. The summed E-state index contributed by atoms with van der Waals surface area (Å²) in [5.41, 5.74) is 0. The van der Waals surface area contributed by atoms with Crippen LogP contribution in [0.2, 0.25) is 0 Å². The molecule has 0 aromatic rings. The average Bonchev–Trinajstić information content (AvgIpc) is 2.15. The van der Waals surface area contributed by atoms with Gasteiger partial charge in [0.2, 0.25) is 0 Å². The van der Waals surface area contributed by atoms with Gasteiger partial charge in [0, 0.05) is 12.3 Å². The average molecular weight is 200 g/mol. The van der Waals surface area contributed by atoms with Gasteiger partial charge in [-0.3, -0.25) is 9.59 Å². The van der Waals surface area contributed by atoms with Crippen molar-refractivity contribution < 1.29 is 14.3 Å². The zero-order valence-corrected chi connectivity index (χ0v) is 9.34. The molecule has 0 aliphatic carbocycles. The number of hydrogen-bond acceptors (Lipinski definition) is 3. The fraction of sp³-hybridized carbons (Fsp3) is 0.818. The Morgan fingerprint density at radius 2 is 1.86 bits per heavy atom. The van der Waals surface area contributed by atoms with Crippen LogP contribution in [-0.4, -0.2) is 18.4 Å². The molecule has 14 heavy (non-hydrogen) atoms. The molecule has 0 bridgehead atoms. The van der Waals surface area contributed by atoms with Gasteiger partial charge in [-0.15, -0.1) is 0 Å². The zero-order chi connectivity index (χ0) is 11.0. The molecule has 0 rings (SSSR count). The second-order valence-corrected chi connectivity index (χ2v) is 3.33. The Kier molecular flexibility index (Phi) is 7.07. The van der Waals surface area contributed by atoms with Crippen LogP contribution in [0.25, 0.3) is 0 Å². The normalized spacial score (nSPS) is 12.2. The zero-order valence-electron chi connectivity index (χ0n) is 9.34. The lowest BCUT2D eigenvalue weighted by molar-refractivity contribution is -0.146. The van der Waals surface area contributed by atoms with E-state index in [1.165, 1.54) is 0 Å². The van der Waals surface area contributed by atoms with Crippen molar-refractivity contribution in [2.75, 3.05) is 6.61 Å². The van der Waals surface area contributed by atoms with E-state index in [1.807, 2.05) is 13.8 Å². The van der Waals surface area contributed by atoms with Crippen LogP contribution in [0.5, 0.6) is 0 Å². The third-order valence-electron chi connectivity index (χ3n) is 2.16. The van der Waals surface area contributed by atoms with E-state index in [-0.39, 0.29) is 24.1 Å².